The Kier molecular flexibility index (Phi) is 3.95. The molecule has 0 aliphatic carbocycles. The summed E-state index contributed by atoms with van der Waals surface area (Å²) in [5, 5.41) is 0. The normalized spacial score (nSPS) is 30.1. The van der Waals surface area contributed by atoms with E-state index in [-0.39, 0.29) is 17.4 Å². The molecule has 2 saturated heterocycles. The van der Waals surface area contributed by atoms with Gasteiger partial charge in [-0.15, -0.1) is 0 Å². The number of likely N-dealkylation sites (tertiary alicyclic amines) is 1. The quantitative estimate of drug-likeness (QED) is 0.854. The minimum atomic E-state index is -0.517. The minimum Gasteiger partial charge on any atom is -0.383 e. The molecule has 1 aromatic rings. The fourth-order valence-electron chi connectivity index (χ4n) is 3.82. The number of carbonyl (C=O) groups is 1. The van der Waals surface area contributed by atoms with Gasteiger partial charge in [-0.1, -0.05) is 13.8 Å². The van der Waals surface area contributed by atoms with Crippen LogP contribution in [0.1, 0.15) is 31.9 Å². The molecule has 0 aromatic carbocycles. The molecule has 22 heavy (non-hydrogen) atoms. The van der Waals surface area contributed by atoms with Crippen molar-refractivity contribution in [3.63, 3.8) is 0 Å². The van der Waals surface area contributed by atoms with E-state index in [9.17, 15) is 4.79 Å². The van der Waals surface area contributed by atoms with Crippen LogP contribution in [0.15, 0.2) is 24.5 Å². The van der Waals surface area contributed by atoms with Gasteiger partial charge in [0, 0.05) is 38.1 Å². The van der Waals surface area contributed by atoms with Gasteiger partial charge in [0.2, 0.25) is 5.91 Å². The predicted octanol–water partition coefficient (Wildman–Crippen LogP) is 2.04. The number of hydrogen-bond donors (Lipinski definition) is 0. The Morgan fingerprint density at radius 2 is 2.18 bits per heavy atom. The zero-order valence-corrected chi connectivity index (χ0v) is 13.5. The second kappa shape index (κ2) is 5.63. The maximum atomic E-state index is 13.2. The molecule has 0 spiro atoms. The highest BCUT2D eigenvalue weighted by atomic mass is 16.5. The average Bonchev–Trinajstić information content (AvgIpc) is 2.96. The van der Waals surface area contributed by atoms with Crippen LogP contribution in [-0.2, 0) is 14.3 Å². The van der Waals surface area contributed by atoms with E-state index < -0.39 is 5.41 Å². The third-order valence-corrected chi connectivity index (χ3v) is 4.89. The fraction of sp³-hybridized carbons (Fsp3) is 0.647. The van der Waals surface area contributed by atoms with Gasteiger partial charge in [0.05, 0.1) is 24.7 Å². The van der Waals surface area contributed by atoms with Crippen LogP contribution in [0.2, 0.25) is 0 Å². The lowest BCUT2D eigenvalue weighted by atomic mass is 9.70. The lowest BCUT2D eigenvalue weighted by Crippen LogP contribution is -2.62. The Bertz CT molecular complexity index is 538. The van der Waals surface area contributed by atoms with Crippen LogP contribution in [0.5, 0.6) is 0 Å². The Hall–Kier alpha value is -1.46. The van der Waals surface area contributed by atoms with Gasteiger partial charge in [0.1, 0.15) is 0 Å². The van der Waals surface area contributed by atoms with Crippen molar-refractivity contribution in [2.75, 3.05) is 33.5 Å². The predicted molar refractivity (Wildman–Crippen MR) is 82.2 cm³/mol. The summed E-state index contributed by atoms with van der Waals surface area (Å²) < 4.78 is 10.8. The molecule has 1 aromatic heterocycles. The highest BCUT2D eigenvalue weighted by Crippen LogP contribution is 2.50. The largest absolute Gasteiger partial charge is 0.383 e. The molecule has 2 unspecified atom stereocenters. The van der Waals surface area contributed by atoms with Crippen molar-refractivity contribution in [1.82, 2.24) is 9.88 Å². The summed E-state index contributed by atoms with van der Waals surface area (Å²) in [7, 11) is 1.65. The standard InChI is InChI=1S/C17H24N2O3/c1-16(2)10-19(14(16)13-4-7-18-8-5-13)15(20)17(11-21-3)6-9-22-12-17/h4-5,7-8,14H,6,9-12H2,1-3H3. The smallest absolute Gasteiger partial charge is 0.234 e. The van der Waals surface area contributed by atoms with Gasteiger partial charge in [-0.05, 0) is 24.1 Å². The molecule has 0 radical (unpaired) electrons. The number of ether oxygens (including phenoxy) is 2. The number of rotatable bonds is 4. The van der Waals surface area contributed by atoms with Gasteiger partial charge >= 0.3 is 0 Å². The van der Waals surface area contributed by atoms with Crippen LogP contribution in [0, 0.1) is 10.8 Å². The van der Waals surface area contributed by atoms with Crippen molar-refractivity contribution in [2.24, 2.45) is 10.8 Å². The van der Waals surface area contributed by atoms with E-state index in [1.54, 1.807) is 19.5 Å². The number of methoxy groups -OCH3 is 1. The summed E-state index contributed by atoms with van der Waals surface area (Å²) in [6.07, 6.45) is 4.31. The average molecular weight is 304 g/mol. The van der Waals surface area contributed by atoms with E-state index >= 15 is 0 Å². The molecule has 2 atom stereocenters. The van der Waals surface area contributed by atoms with Gasteiger partial charge in [0.15, 0.2) is 0 Å². The molecule has 2 fully saturated rings. The summed E-state index contributed by atoms with van der Waals surface area (Å²) in [5.74, 6) is 0.160. The van der Waals surface area contributed by atoms with Crippen LogP contribution < -0.4 is 0 Å². The number of hydrogen-bond acceptors (Lipinski definition) is 4. The molecule has 0 bridgehead atoms. The first-order valence-electron chi connectivity index (χ1n) is 7.78. The summed E-state index contributed by atoms with van der Waals surface area (Å²) >= 11 is 0. The number of carbonyl (C=O) groups excluding carboxylic acids is 1. The third-order valence-electron chi connectivity index (χ3n) is 4.89. The van der Waals surface area contributed by atoms with Crippen molar-refractivity contribution >= 4 is 5.91 Å². The zero-order valence-electron chi connectivity index (χ0n) is 13.5. The Balaban J connectivity index is 1.86. The molecule has 2 aliphatic heterocycles. The van der Waals surface area contributed by atoms with Crippen molar-refractivity contribution in [3.05, 3.63) is 30.1 Å². The zero-order chi connectivity index (χ0) is 15.8. The molecule has 5 nitrogen and oxygen atoms in total. The molecule has 2 aliphatic rings. The molecule has 3 heterocycles. The highest BCUT2D eigenvalue weighted by molar-refractivity contribution is 5.85. The lowest BCUT2D eigenvalue weighted by molar-refractivity contribution is -0.167. The maximum absolute atomic E-state index is 13.2. The lowest BCUT2D eigenvalue weighted by Gasteiger charge is -2.56. The van der Waals surface area contributed by atoms with Crippen molar-refractivity contribution in [1.29, 1.82) is 0 Å². The molecular weight excluding hydrogens is 280 g/mol. The van der Waals surface area contributed by atoms with E-state index in [4.69, 9.17) is 9.47 Å². The van der Waals surface area contributed by atoms with E-state index in [0.29, 0.717) is 19.8 Å². The first-order chi connectivity index (χ1) is 10.5. The first kappa shape index (κ1) is 15.4. The van der Waals surface area contributed by atoms with Crippen molar-refractivity contribution < 1.29 is 14.3 Å². The molecule has 0 N–H and O–H groups in total. The van der Waals surface area contributed by atoms with Gasteiger partial charge in [-0.25, -0.2) is 0 Å². The van der Waals surface area contributed by atoms with Gasteiger partial charge in [-0.3, -0.25) is 9.78 Å². The second-order valence-electron chi connectivity index (χ2n) is 7.12. The van der Waals surface area contributed by atoms with Crippen molar-refractivity contribution in [3.8, 4) is 0 Å². The molecule has 5 heteroatoms. The van der Waals surface area contributed by atoms with Crippen LogP contribution in [0.3, 0.4) is 0 Å². The van der Waals surface area contributed by atoms with Crippen LogP contribution in [-0.4, -0.2) is 49.3 Å². The Morgan fingerprint density at radius 3 is 2.73 bits per heavy atom. The van der Waals surface area contributed by atoms with E-state index in [2.05, 4.69) is 18.8 Å². The monoisotopic (exact) mass is 304 g/mol. The topological polar surface area (TPSA) is 51.7 Å². The minimum absolute atomic E-state index is 0.0741. The Labute approximate surface area is 131 Å². The number of amides is 1. The molecule has 120 valence electrons. The number of aromatic nitrogens is 1. The van der Waals surface area contributed by atoms with Gasteiger partial charge in [-0.2, -0.15) is 0 Å². The third kappa shape index (κ3) is 2.42. The number of nitrogens with zero attached hydrogens (tertiary/aromatic N) is 2. The SMILES string of the molecule is COCC1(C(=O)N2CC(C)(C)C2c2ccncc2)CCOC1. The van der Waals surface area contributed by atoms with Gasteiger partial charge < -0.3 is 14.4 Å². The summed E-state index contributed by atoms with van der Waals surface area (Å²) in [5.41, 5.74) is 0.701. The molecule has 1 amide bonds. The number of pyridine rings is 1. The Morgan fingerprint density at radius 1 is 1.45 bits per heavy atom. The van der Waals surface area contributed by atoms with E-state index in [1.165, 1.54) is 0 Å². The van der Waals surface area contributed by atoms with E-state index in [0.717, 1.165) is 18.5 Å². The second-order valence-corrected chi connectivity index (χ2v) is 7.12. The van der Waals surface area contributed by atoms with E-state index in [1.807, 2.05) is 17.0 Å². The summed E-state index contributed by atoms with van der Waals surface area (Å²) in [6, 6.07) is 4.09. The fourth-order valence-corrected chi connectivity index (χ4v) is 3.82. The molecule has 3 rings (SSSR count). The molecule has 0 saturated carbocycles. The summed E-state index contributed by atoms with van der Waals surface area (Å²) in [4.78, 5) is 19.2. The maximum Gasteiger partial charge on any atom is 0.234 e. The highest BCUT2D eigenvalue weighted by Gasteiger charge is 2.54. The first-order valence-corrected chi connectivity index (χ1v) is 7.78. The molecular formula is C17H24N2O3. The van der Waals surface area contributed by atoms with Crippen LogP contribution >= 0.6 is 0 Å². The van der Waals surface area contributed by atoms with Crippen molar-refractivity contribution in [2.45, 2.75) is 26.3 Å². The van der Waals surface area contributed by atoms with Crippen LogP contribution in [0.25, 0.3) is 0 Å². The van der Waals surface area contributed by atoms with Gasteiger partial charge in [0.25, 0.3) is 0 Å². The van der Waals surface area contributed by atoms with Crippen LogP contribution in [0.4, 0.5) is 0 Å². The summed E-state index contributed by atoms with van der Waals surface area (Å²) in [6.45, 7) is 6.69.